The first-order valence-electron chi connectivity index (χ1n) is 7.17. The summed E-state index contributed by atoms with van der Waals surface area (Å²) in [5, 5.41) is 3.72. The fraction of sp³-hybridized carbons (Fsp3) is 0.625. The molecule has 0 spiro atoms. The van der Waals surface area contributed by atoms with Crippen molar-refractivity contribution in [1.29, 1.82) is 0 Å². The fourth-order valence-corrected chi connectivity index (χ4v) is 2.35. The summed E-state index contributed by atoms with van der Waals surface area (Å²) in [5.74, 6) is 1.00. The van der Waals surface area contributed by atoms with Crippen LogP contribution in [-0.4, -0.2) is 12.1 Å². The lowest BCUT2D eigenvalue weighted by molar-refractivity contribution is 0.283. The van der Waals surface area contributed by atoms with Gasteiger partial charge in [0.2, 0.25) is 0 Å². The van der Waals surface area contributed by atoms with Crippen LogP contribution in [0.2, 0.25) is 0 Å². The lowest BCUT2D eigenvalue weighted by Gasteiger charge is -2.32. The molecule has 1 aromatic carbocycles. The minimum atomic E-state index is 0.263. The van der Waals surface area contributed by atoms with Gasteiger partial charge in [0.15, 0.2) is 0 Å². The van der Waals surface area contributed by atoms with Gasteiger partial charge in [-0.25, -0.2) is 0 Å². The monoisotopic (exact) mass is 249 g/mol. The average Bonchev–Trinajstić information content (AvgIpc) is 2.43. The molecule has 102 valence electrons. The lowest BCUT2D eigenvalue weighted by atomic mass is 9.89. The van der Waals surface area contributed by atoms with Crippen LogP contribution in [0.15, 0.2) is 24.3 Å². The number of benzene rings is 1. The Bertz CT molecular complexity index is 336. The summed E-state index contributed by atoms with van der Waals surface area (Å²) in [7, 11) is 0. The third-order valence-corrected chi connectivity index (χ3v) is 3.96. The first kappa shape index (κ1) is 15.0. The van der Waals surface area contributed by atoms with Crippen LogP contribution < -0.4 is 10.1 Å². The zero-order valence-corrected chi connectivity index (χ0v) is 12.3. The van der Waals surface area contributed by atoms with E-state index in [1.54, 1.807) is 0 Å². The number of hydrogen-bond donors (Lipinski definition) is 1. The van der Waals surface area contributed by atoms with Crippen LogP contribution in [0.25, 0.3) is 0 Å². The van der Waals surface area contributed by atoms with Crippen LogP contribution in [0, 0.1) is 0 Å². The molecule has 0 radical (unpaired) electrons. The van der Waals surface area contributed by atoms with Crippen molar-refractivity contribution in [2.45, 2.75) is 59.0 Å². The predicted octanol–water partition coefficient (Wildman–Crippen LogP) is 4.14. The van der Waals surface area contributed by atoms with E-state index in [0.29, 0.717) is 0 Å². The molecule has 1 N–H and O–H groups in total. The van der Waals surface area contributed by atoms with Crippen LogP contribution in [0.3, 0.4) is 0 Å². The van der Waals surface area contributed by atoms with Gasteiger partial charge in [0, 0.05) is 17.6 Å². The molecule has 0 saturated heterocycles. The van der Waals surface area contributed by atoms with Crippen molar-refractivity contribution in [1.82, 2.24) is 5.32 Å². The second kappa shape index (κ2) is 7.42. The second-order valence-electron chi connectivity index (χ2n) is 4.74. The topological polar surface area (TPSA) is 21.3 Å². The van der Waals surface area contributed by atoms with Crippen molar-refractivity contribution >= 4 is 0 Å². The maximum Gasteiger partial charge on any atom is 0.123 e. The Kier molecular flexibility index (Phi) is 6.20. The standard InChI is InChI=1S/C16H27NO/c1-5-16(6-2,7-3)17-13-14-11-9-10-12-15(14)18-8-4/h9-12,17H,5-8,13H2,1-4H3. The Morgan fingerprint density at radius 2 is 1.61 bits per heavy atom. The van der Waals surface area contributed by atoms with E-state index in [9.17, 15) is 0 Å². The van der Waals surface area contributed by atoms with Crippen molar-refractivity contribution < 1.29 is 4.74 Å². The van der Waals surface area contributed by atoms with Crippen molar-refractivity contribution in [3.63, 3.8) is 0 Å². The second-order valence-corrected chi connectivity index (χ2v) is 4.74. The van der Waals surface area contributed by atoms with Gasteiger partial charge >= 0.3 is 0 Å². The van der Waals surface area contributed by atoms with Gasteiger partial charge in [0.25, 0.3) is 0 Å². The number of nitrogens with one attached hydrogen (secondary N) is 1. The zero-order chi connectivity index (χ0) is 13.4. The minimum absolute atomic E-state index is 0.263. The molecule has 0 aliphatic heterocycles. The van der Waals surface area contributed by atoms with E-state index in [2.05, 4.69) is 38.2 Å². The summed E-state index contributed by atoms with van der Waals surface area (Å²) in [6.45, 7) is 10.4. The number of rotatable bonds is 8. The Balaban J connectivity index is 2.72. The third kappa shape index (κ3) is 3.74. The molecule has 1 aromatic rings. The van der Waals surface area contributed by atoms with Crippen molar-refractivity contribution in [2.75, 3.05) is 6.61 Å². The predicted molar refractivity (Wildman–Crippen MR) is 78.1 cm³/mol. The van der Waals surface area contributed by atoms with Gasteiger partial charge in [0.1, 0.15) is 5.75 Å². The highest BCUT2D eigenvalue weighted by Gasteiger charge is 2.22. The van der Waals surface area contributed by atoms with Crippen molar-refractivity contribution in [3.05, 3.63) is 29.8 Å². The summed E-state index contributed by atoms with van der Waals surface area (Å²) in [6.07, 6.45) is 3.49. The van der Waals surface area contributed by atoms with E-state index in [4.69, 9.17) is 4.74 Å². The average molecular weight is 249 g/mol. The van der Waals surface area contributed by atoms with Gasteiger partial charge in [-0.1, -0.05) is 39.0 Å². The molecule has 0 amide bonds. The van der Waals surface area contributed by atoms with Crippen LogP contribution in [-0.2, 0) is 6.54 Å². The molecule has 0 aliphatic rings. The Hall–Kier alpha value is -1.02. The quantitative estimate of drug-likeness (QED) is 0.747. The number of hydrogen-bond acceptors (Lipinski definition) is 2. The van der Waals surface area contributed by atoms with Crippen molar-refractivity contribution in [3.8, 4) is 5.75 Å². The highest BCUT2D eigenvalue weighted by Crippen LogP contribution is 2.23. The molecule has 0 bridgehead atoms. The number of ether oxygens (including phenoxy) is 1. The van der Waals surface area contributed by atoms with Gasteiger partial charge in [0.05, 0.1) is 6.61 Å². The molecule has 0 fully saturated rings. The smallest absolute Gasteiger partial charge is 0.123 e. The minimum Gasteiger partial charge on any atom is -0.494 e. The van der Waals surface area contributed by atoms with Gasteiger partial charge in [-0.05, 0) is 32.3 Å². The molecular formula is C16H27NO. The third-order valence-electron chi connectivity index (χ3n) is 3.96. The van der Waals surface area contributed by atoms with Crippen LogP contribution >= 0.6 is 0 Å². The number of para-hydroxylation sites is 1. The van der Waals surface area contributed by atoms with E-state index in [1.807, 2.05) is 19.1 Å². The zero-order valence-electron chi connectivity index (χ0n) is 12.3. The molecule has 1 rings (SSSR count). The molecule has 2 heteroatoms. The molecule has 0 atom stereocenters. The van der Waals surface area contributed by atoms with Gasteiger partial charge in [-0.3, -0.25) is 0 Å². The van der Waals surface area contributed by atoms with Crippen molar-refractivity contribution in [2.24, 2.45) is 0 Å². The summed E-state index contributed by atoms with van der Waals surface area (Å²) >= 11 is 0. The molecule has 0 aromatic heterocycles. The van der Waals surface area contributed by atoms with Gasteiger partial charge < -0.3 is 10.1 Å². The summed E-state index contributed by atoms with van der Waals surface area (Å²) < 4.78 is 5.66. The molecule has 0 saturated carbocycles. The van der Waals surface area contributed by atoms with Crippen LogP contribution in [0.1, 0.15) is 52.5 Å². The summed E-state index contributed by atoms with van der Waals surface area (Å²) in [6, 6.07) is 8.29. The van der Waals surface area contributed by atoms with E-state index < -0.39 is 0 Å². The van der Waals surface area contributed by atoms with Crippen LogP contribution in [0.4, 0.5) is 0 Å². The largest absolute Gasteiger partial charge is 0.494 e. The highest BCUT2D eigenvalue weighted by atomic mass is 16.5. The Morgan fingerprint density at radius 1 is 1.00 bits per heavy atom. The molecular weight excluding hydrogens is 222 g/mol. The molecule has 0 aliphatic carbocycles. The SMILES string of the molecule is CCOc1ccccc1CNC(CC)(CC)CC. The van der Waals surface area contributed by atoms with E-state index in [-0.39, 0.29) is 5.54 Å². The van der Waals surface area contributed by atoms with Crippen LogP contribution in [0.5, 0.6) is 5.75 Å². The lowest BCUT2D eigenvalue weighted by Crippen LogP contribution is -2.43. The van der Waals surface area contributed by atoms with Gasteiger partial charge in [-0.2, -0.15) is 0 Å². The first-order chi connectivity index (χ1) is 8.71. The van der Waals surface area contributed by atoms with E-state index in [1.165, 1.54) is 5.56 Å². The molecule has 18 heavy (non-hydrogen) atoms. The van der Waals surface area contributed by atoms with E-state index >= 15 is 0 Å². The van der Waals surface area contributed by atoms with Gasteiger partial charge in [-0.15, -0.1) is 0 Å². The Labute approximate surface area is 112 Å². The maximum atomic E-state index is 5.66. The first-order valence-corrected chi connectivity index (χ1v) is 7.17. The highest BCUT2D eigenvalue weighted by molar-refractivity contribution is 5.33. The maximum absolute atomic E-state index is 5.66. The summed E-state index contributed by atoms with van der Waals surface area (Å²) in [4.78, 5) is 0. The normalized spacial score (nSPS) is 11.6. The fourth-order valence-electron chi connectivity index (χ4n) is 2.35. The molecule has 0 unspecified atom stereocenters. The molecule has 2 nitrogen and oxygen atoms in total. The van der Waals surface area contributed by atoms with E-state index in [0.717, 1.165) is 38.2 Å². The Morgan fingerprint density at radius 3 is 2.17 bits per heavy atom. The summed E-state index contributed by atoms with van der Waals surface area (Å²) in [5.41, 5.74) is 1.51. The molecule has 0 heterocycles.